The Labute approximate surface area is 185 Å². The molecule has 7 heteroatoms. The average Bonchev–Trinajstić information content (AvgIpc) is 3.21. The van der Waals surface area contributed by atoms with Crippen LogP contribution < -0.4 is 5.32 Å². The lowest BCUT2D eigenvalue weighted by Gasteiger charge is -2.31. The number of carbonyl (C=O) groups is 3. The third-order valence-corrected chi connectivity index (χ3v) is 5.40. The lowest BCUT2D eigenvalue weighted by Crippen LogP contribution is -2.54. The largest absolute Gasteiger partial charge is 0.459 e. The van der Waals surface area contributed by atoms with Gasteiger partial charge < -0.3 is 14.4 Å². The summed E-state index contributed by atoms with van der Waals surface area (Å²) < 4.78 is 10.8. The number of ether oxygens (including phenoxy) is 2. The molecule has 0 saturated carbocycles. The molecule has 1 saturated heterocycles. The maximum atomic E-state index is 13.3. The van der Waals surface area contributed by atoms with Crippen LogP contribution in [-0.4, -0.2) is 53.5 Å². The molecule has 1 unspecified atom stereocenters. The molecule has 0 aromatic heterocycles. The van der Waals surface area contributed by atoms with Gasteiger partial charge in [-0.05, 0) is 45.1 Å². The number of likely N-dealkylation sites (tertiary alicyclic amines) is 1. The lowest BCUT2D eigenvalue weighted by atomic mass is 9.97. The Balaban J connectivity index is 2.01. The number of nitrogens with zero attached hydrogens (tertiary/aromatic N) is 1. The van der Waals surface area contributed by atoms with Gasteiger partial charge in [-0.3, -0.25) is 14.9 Å². The quantitative estimate of drug-likeness (QED) is 0.604. The first-order chi connectivity index (χ1) is 14.6. The number of nitrogens with one attached hydrogen (secondary N) is 1. The fourth-order valence-electron chi connectivity index (χ4n) is 3.62. The van der Waals surface area contributed by atoms with Crippen molar-refractivity contribution in [2.75, 3.05) is 13.1 Å². The minimum Gasteiger partial charge on any atom is -0.459 e. The van der Waals surface area contributed by atoms with Crippen molar-refractivity contribution in [3.8, 4) is 0 Å². The molecule has 1 aromatic carbocycles. The van der Waals surface area contributed by atoms with Crippen LogP contribution in [0.4, 0.5) is 0 Å². The van der Waals surface area contributed by atoms with Crippen molar-refractivity contribution < 1.29 is 23.9 Å². The number of carbonyl (C=O) groups excluding carboxylic acids is 3. The van der Waals surface area contributed by atoms with E-state index in [2.05, 4.69) is 5.32 Å². The normalized spacial score (nSPS) is 18.4. The van der Waals surface area contributed by atoms with Crippen LogP contribution in [0.2, 0.25) is 0 Å². The Morgan fingerprint density at radius 2 is 1.87 bits per heavy atom. The first-order valence-corrected chi connectivity index (χ1v) is 11.1. The zero-order valence-electron chi connectivity index (χ0n) is 19.3. The molecular weight excluding hydrogens is 396 g/mol. The third kappa shape index (κ3) is 7.65. The van der Waals surface area contributed by atoms with Crippen LogP contribution in [0.1, 0.15) is 59.4 Å². The highest BCUT2D eigenvalue weighted by atomic mass is 16.6. The van der Waals surface area contributed by atoms with E-state index in [1.165, 1.54) is 0 Å². The van der Waals surface area contributed by atoms with E-state index in [0.29, 0.717) is 13.0 Å². The number of hydrogen-bond acceptors (Lipinski definition) is 6. The molecule has 3 atom stereocenters. The summed E-state index contributed by atoms with van der Waals surface area (Å²) in [6.45, 7) is 10.00. The molecule has 1 aliphatic rings. The van der Waals surface area contributed by atoms with Gasteiger partial charge in [0.05, 0.1) is 12.6 Å². The molecule has 1 aliphatic heterocycles. The van der Waals surface area contributed by atoms with Gasteiger partial charge in [0.25, 0.3) is 0 Å². The van der Waals surface area contributed by atoms with Gasteiger partial charge in [-0.25, -0.2) is 4.79 Å². The molecule has 1 amide bonds. The van der Waals surface area contributed by atoms with Crippen LogP contribution in [0, 0.1) is 5.92 Å². The molecule has 31 heavy (non-hydrogen) atoms. The van der Waals surface area contributed by atoms with E-state index in [9.17, 15) is 14.4 Å². The van der Waals surface area contributed by atoms with Gasteiger partial charge in [-0.2, -0.15) is 0 Å². The molecule has 1 heterocycles. The molecule has 7 nitrogen and oxygen atoms in total. The number of rotatable bonds is 9. The smallest absolute Gasteiger partial charge is 0.329 e. The summed E-state index contributed by atoms with van der Waals surface area (Å²) in [6, 6.07) is 8.31. The summed E-state index contributed by atoms with van der Waals surface area (Å²) in [6.07, 6.45) is 2.09. The molecule has 1 N–H and O–H groups in total. The van der Waals surface area contributed by atoms with Crippen molar-refractivity contribution in [2.45, 2.75) is 78.2 Å². The third-order valence-electron chi connectivity index (χ3n) is 5.40. The van der Waals surface area contributed by atoms with Gasteiger partial charge in [0.1, 0.15) is 18.2 Å². The second-order valence-electron chi connectivity index (χ2n) is 9.11. The molecule has 1 aromatic rings. The van der Waals surface area contributed by atoms with Crippen LogP contribution in [0.25, 0.3) is 0 Å². The van der Waals surface area contributed by atoms with Crippen LogP contribution >= 0.6 is 0 Å². The molecule has 0 aliphatic carbocycles. The monoisotopic (exact) mass is 432 g/mol. The molecule has 0 spiro atoms. The van der Waals surface area contributed by atoms with Crippen molar-refractivity contribution >= 4 is 17.8 Å². The van der Waals surface area contributed by atoms with Crippen LogP contribution in [-0.2, 0) is 30.5 Å². The molecule has 172 valence electrons. The predicted molar refractivity (Wildman–Crippen MR) is 118 cm³/mol. The van der Waals surface area contributed by atoms with Gasteiger partial charge in [-0.1, -0.05) is 50.6 Å². The molecule has 0 bridgehead atoms. The van der Waals surface area contributed by atoms with E-state index in [0.717, 1.165) is 18.4 Å². The molecule has 0 radical (unpaired) electrons. The highest BCUT2D eigenvalue weighted by Gasteiger charge is 2.39. The van der Waals surface area contributed by atoms with Crippen LogP contribution in [0.15, 0.2) is 30.3 Å². The zero-order chi connectivity index (χ0) is 23.0. The average molecular weight is 433 g/mol. The maximum Gasteiger partial charge on any atom is 0.329 e. The second-order valence-corrected chi connectivity index (χ2v) is 9.11. The Morgan fingerprint density at radius 3 is 2.48 bits per heavy atom. The summed E-state index contributed by atoms with van der Waals surface area (Å²) in [7, 11) is 0. The molecule has 2 rings (SSSR count). The van der Waals surface area contributed by atoms with E-state index in [1.807, 2.05) is 44.2 Å². The van der Waals surface area contributed by atoms with E-state index < -0.39 is 23.7 Å². The fraction of sp³-hybridized carbons (Fsp3) is 0.625. The van der Waals surface area contributed by atoms with Crippen molar-refractivity contribution in [1.82, 2.24) is 10.2 Å². The second kappa shape index (κ2) is 11.3. The van der Waals surface area contributed by atoms with Crippen molar-refractivity contribution in [2.24, 2.45) is 5.92 Å². The Bertz CT molecular complexity index is 744. The SMILES string of the molecule is CCC(C)[C@H](NCC(=O)OC(C)(C)C)C(=O)N1CCC[C@H]1C(=O)OCc1ccccc1. The van der Waals surface area contributed by atoms with Crippen molar-refractivity contribution in [3.63, 3.8) is 0 Å². The van der Waals surface area contributed by atoms with Crippen molar-refractivity contribution in [3.05, 3.63) is 35.9 Å². The maximum absolute atomic E-state index is 13.3. The Hall–Kier alpha value is -2.41. The number of esters is 2. The summed E-state index contributed by atoms with van der Waals surface area (Å²) in [5, 5.41) is 3.07. The minimum atomic E-state index is -0.592. The van der Waals surface area contributed by atoms with E-state index in [1.54, 1.807) is 25.7 Å². The van der Waals surface area contributed by atoms with Gasteiger partial charge in [-0.15, -0.1) is 0 Å². The Kier molecular flexibility index (Phi) is 9.04. The zero-order valence-corrected chi connectivity index (χ0v) is 19.3. The van der Waals surface area contributed by atoms with E-state index in [-0.39, 0.29) is 30.9 Å². The minimum absolute atomic E-state index is 0.00322. The lowest BCUT2D eigenvalue weighted by molar-refractivity contribution is -0.157. The standard InChI is InChI=1S/C24H36N2O5/c1-6-17(2)21(25-15-20(27)31-24(3,4)5)22(28)26-14-10-13-19(26)23(29)30-16-18-11-8-7-9-12-18/h7-9,11-12,17,19,21,25H,6,10,13-16H2,1-5H3/t17?,19-,21-/m0/s1. The van der Waals surface area contributed by atoms with Gasteiger partial charge in [0, 0.05) is 6.54 Å². The summed E-state index contributed by atoms with van der Waals surface area (Å²) in [4.78, 5) is 39.8. The first-order valence-electron chi connectivity index (χ1n) is 11.1. The van der Waals surface area contributed by atoms with E-state index in [4.69, 9.17) is 9.47 Å². The summed E-state index contributed by atoms with van der Waals surface area (Å²) >= 11 is 0. The highest BCUT2D eigenvalue weighted by molar-refractivity contribution is 5.88. The first kappa shape index (κ1) is 24.9. The summed E-state index contributed by atoms with van der Waals surface area (Å²) in [5.74, 6) is -0.966. The van der Waals surface area contributed by atoms with Gasteiger partial charge in [0.2, 0.25) is 5.91 Å². The highest BCUT2D eigenvalue weighted by Crippen LogP contribution is 2.22. The number of hydrogen-bond donors (Lipinski definition) is 1. The topological polar surface area (TPSA) is 84.9 Å². The fourth-order valence-corrected chi connectivity index (χ4v) is 3.62. The van der Waals surface area contributed by atoms with Crippen LogP contribution in [0.3, 0.4) is 0 Å². The summed E-state index contributed by atoms with van der Waals surface area (Å²) in [5.41, 5.74) is 0.320. The van der Waals surface area contributed by atoms with Crippen molar-refractivity contribution in [1.29, 1.82) is 0 Å². The van der Waals surface area contributed by atoms with Crippen LogP contribution in [0.5, 0.6) is 0 Å². The Morgan fingerprint density at radius 1 is 1.19 bits per heavy atom. The van der Waals surface area contributed by atoms with Gasteiger partial charge >= 0.3 is 11.9 Å². The molecule has 1 fully saturated rings. The van der Waals surface area contributed by atoms with E-state index >= 15 is 0 Å². The number of amides is 1. The number of benzene rings is 1. The predicted octanol–water partition coefficient (Wildman–Crippen LogP) is 3.07. The van der Waals surface area contributed by atoms with Gasteiger partial charge in [0.15, 0.2) is 0 Å². The molecular formula is C24H36N2O5.